The van der Waals surface area contributed by atoms with E-state index in [4.69, 9.17) is 5.73 Å². The van der Waals surface area contributed by atoms with Crippen LogP contribution < -0.4 is 11.3 Å². The van der Waals surface area contributed by atoms with Crippen molar-refractivity contribution in [3.05, 3.63) is 58.3 Å². The molecule has 0 aliphatic heterocycles. The molecule has 132 valence electrons. The lowest BCUT2D eigenvalue weighted by atomic mass is 10.0. The topological polar surface area (TPSA) is 78.0 Å². The number of hydrogen-bond donors (Lipinski definition) is 1. The van der Waals surface area contributed by atoms with Crippen LogP contribution in [-0.2, 0) is 0 Å². The maximum atomic E-state index is 12.4. The highest BCUT2D eigenvalue weighted by atomic mass is 32.2. The van der Waals surface area contributed by atoms with Gasteiger partial charge in [0.25, 0.3) is 11.5 Å². The molecule has 1 fully saturated rings. The summed E-state index contributed by atoms with van der Waals surface area (Å²) >= 11 is -0.183. The van der Waals surface area contributed by atoms with Gasteiger partial charge in [-0.05, 0) is 48.2 Å². The molecule has 9 heteroatoms. The van der Waals surface area contributed by atoms with Gasteiger partial charge in [0, 0.05) is 11.0 Å². The molecule has 5 nitrogen and oxygen atoms in total. The molecule has 1 saturated carbocycles. The van der Waals surface area contributed by atoms with Crippen LogP contribution in [0.5, 0.6) is 0 Å². The molecule has 1 aliphatic rings. The van der Waals surface area contributed by atoms with Gasteiger partial charge in [0.15, 0.2) is 0 Å². The van der Waals surface area contributed by atoms with E-state index < -0.39 is 17.0 Å². The third-order valence-corrected chi connectivity index (χ3v) is 4.65. The number of rotatable bonds is 5. The van der Waals surface area contributed by atoms with Crippen LogP contribution >= 0.6 is 11.8 Å². The molecule has 1 heterocycles. The van der Waals surface area contributed by atoms with Crippen molar-refractivity contribution < 1.29 is 18.0 Å². The molecule has 2 aromatic rings. The van der Waals surface area contributed by atoms with E-state index in [1.807, 2.05) is 0 Å². The highest BCUT2D eigenvalue weighted by Gasteiger charge is 2.35. The largest absolute Gasteiger partial charge is 0.446 e. The molecule has 0 radical (unpaired) electrons. The van der Waals surface area contributed by atoms with E-state index in [2.05, 4.69) is 4.98 Å². The average Bonchev–Trinajstić information content (AvgIpc) is 3.34. The summed E-state index contributed by atoms with van der Waals surface area (Å²) in [6.07, 6.45) is 3.09. The van der Waals surface area contributed by atoms with Crippen LogP contribution in [0.15, 0.2) is 46.3 Å². The minimum Gasteiger partial charge on any atom is -0.364 e. The molecule has 1 amide bonds. The quantitative estimate of drug-likeness (QED) is 0.822. The van der Waals surface area contributed by atoms with Gasteiger partial charge in [-0.2, -0.15) is 13.2 Å². The minimum atomic E-state index is -4.34. The van der Waals surface area contributed by atoms with Crippen molar-refractivity contribution in [2.75, 3.05) is 0 Å². The first-order valence-electron chi connectivity index (χ1n) is 7.48. The zero-order valence-electron chi connectivity index (χ0n) is 12.9. The van der Waals surface area contributed by atoms with Gasteiger partial charge in [0.1, 0.15) is 5.69 Å². The van der Waals surface area contributed by atoms with Gasteiger partial charge in [0.2, 0.25) is 0 Å². The number of hydrogen-bond acceptors (Lipinski definition) is 4. The Morgan fingerprint density at radius 3 is 2.40 bits per heavy atom. The molecular weight excluding hydrogens is 355 g/mol. The highest BCUT2D eigenvalue weighted by molar-refractivity contribution is 8.00. The Bertz CT molecular complexity index is 845. The smallest absolute Gasteiger partial charge is 0.364 e. The van der Waals surface area contributed by atoms with Crippen LogP contribution in [0.1, 0.15) is 34.9 Å². The summed E-state index contributed by atoms with van der Waals surface area (Å²) in [5, 5.41) is 0. The molecule has 1 atom stereocenters. The van der Waals surface area contributed by atoms with Gasteiger partial charge in [-0.3, -0.25) is 14.2 Å². The van der Waals surface area contributed by atoms with E-state index in [0.717, 1.165) is 24.5 Å². The SMILES string of the molecule is NC(=O)c1cc(=O)n([C@@H](c2ccc(SC(F)(F)F)cc2)C2CC2)cn1. The Labute approximate surface area is 145 Å². The monoisotopic (exact) mass is 369 g/mol. The van der Waals surface area contributed by atoms with Gasteiger partial charge in [-0.25, -0.2) is 4.98 Å². The summed E-state index contributed by atoms with van der Waals surface area (Å²) < 4.78 is 38.7. The van der Waals surface area contributed by atoms with Crippen molar-refractivity contribution in [3.63, 3.8) is 0 Å². The maximum Gasteiger partial charge on any atom is 0.446 e. The molecular formula is C16H14F3N3O2S. The Morgan fingerprint density at radius 1 is 1.28 bits per heavy atom. The maximum absolute atomic E-state index is 12.4. The number of carbonyl (C=O) groups is 1. The first-order chi connectivity index (χ1) is 11.7. The predicted molar refractivity (Wildman–Crippen MR) is 86.2 cm³/mol. The first kappa shape index (κ1) is 17.5. The van der Waals surface area contributed by atoms with E-state index in [1.165, 1.54) is 23.0 Å². The molecule has 1 aromatic carbocycles. The summed E-state index contributed by atoms with van der Waals surface area (Å²) in [6.45, 7) is 0. The fourth-order valence-electron chi connectivity index (χ4n) is 2.69. The number of alkyl halides is 3. The number of carbonyl (C=O) groups excluding carboxylic acids is 1. The number of primary amides is 1. The normalized spacial score (nSPS) is 15.8. The van der Waals surface area contributed by atoms with Crippen LogP contribution in [0, 0.1) is 5.92 Å². The standard InChI is InChI=1S/C16H14F3N3O2S/c17-16(18,19)25-11-5-3-10(4-6-11)14(9-1-2-9)22-8-21-12(15(20)24)7-13(22)23/h3-9,14H,1-2H2,(H2,20,24)/t14-/m1/s1. The lowest BCUT2D eigenvalue weighted by Gasteiger charge is -2.20. The Balaban J connectivity index is 1.92. The lowest BCUT2D eigenvalue weighted by molar-refractivity contribution is -0.0328. The van der Waals surface area contributed by atoms with Gasteiger partial charge in [-0.1, -0.05) is 12.1 Å². The van der Waals surface area contributed by atoms with Crippen LogP contribution in [-0.4, -0.2) is 21.0 Å². The van der Waals surface area contributed by atoms with Crippen LogP contribution in [0.2, 0.25) is 0 Å². The van der Waals surface area contributed by atoms with Crippen molar-refractivity contribution in [2.45, 2.75) is 29.3 Å². The molecule has 25 heavy (non-hydrogen) atoms. The third-order valence-electron chi connectivity index (χ3n) is 3.91. The molecule has 0 bridgehead atoms. The van der Waals surface area contributed by atoms with Crippen LogP contribution in [0.4, 0.5) is 13.2 Å². The summed E-state index contributed by atoms with van der Waals surface area (Å²) in [4.78, 5) is 27.4. The second kappa shape index (κ2) is 6.55. The van der Waals surface area contributed by atoms with Crippen molar-refractivity contribution in [1.82, 2.24) is 9.55 Å². The van der Waals surface area contributed by atoms with E-state index in [1.54, 1.807) is 12.1 Å². The third kappa shape index (κ3) is 4.22. The molecule has 0 saturated heterocycles. The second-order valence-corrected chi connectivity index (χ2v) is 6.92. The number of nitrogens with zero attached hydrogens (tertiary/aromatic N) is 2. The van der Waals surface area contributed by atoms with E-state index in [-0.39, 0.29) is 34.3 Å². The molecule has 1 aliphatic carbocycles. The summed E-state index contributed by atoms with van der Waals surface area (Å²) in [5.74, 6) is -0.583. The molecule has 0 spiro atoms. The fourth-order valence-corrected chi connectivity index (χ4v) is 3.23. The average molecular weight is 369 g/mol. The second-order valence-electron chi connectivity index (χ2n) is 5.78. The summed E-state index contributed by atoms with van der Waals surface area (Å²) in [6, 6.07) is 6.70. The van der Waals surface area contributed by atoms with Crippen LogP contribution in [0.3, 0.4) is 0 Å². The molecule has 3 rings (SSSR count). The Kier molecular flexibility index (Phi) is 4.59. The summed E-state index contributed by atoms with van der Waals surface area (Å²) in [5.41, 5.74) is 0.958. The fraction of sp³-hybridized carbons (Fsp3) is 0.312. The van der Waals surface area contributed by atoms with Crippen LogP contribution in [0.25, 0.3) is 0 Å². The number of halogens is 3. The molecule has 0 unspecified atom stereocenters. The van der Waals surface area contributed by atoms with Gasteiger partial charge < -0.3 is 5.73 Å². The van der Waals surface area contributed by atoms with Gasteiger partial charge in [-0.15, -0.1) is 0 Å². The zero-order valence-corrected chi connectivity index (χ0v) is 13.7. The first-order valence-corrected chi connectivity index (χ1v) is 8.30. The number of amides is 1. The predicted octanol–water partition coefficient (Wildman–Crippen LogP) is 2.95. The van der Waals surface area contributed by atoms with Gasteiger partial charge >= 0.3 is 5.51 Å². The number of benzene rings is 1. The number of nitrogens with two attached hydrogens (primary N) is 1. The van der Waals surface area contributed by atoms with Crippen molar-refractivity contribution in [2.24, 2.45) is 11.7 Å². The Hall–Kier alpha value is -2.29. The summed E-state index contributed by atoms with van der Waals surface area (Å²) in [7, 11) is 0. The molecule has 2 N–H and O–H groups in total. The highest BCUT2D eigenvalue weighted by Crippen LogP contribution is 2.43. The molecule has 1 aromatic heterocycles. The van der Waals surface area contributed by atoms with E-state index >= 15 is 0 Å². The van der Waals surface area contributed by atoms with E-state index in [9.17, 15) is 22.8 Å². The van der Waals surface area contributed by atoms with Crippen molar-refractivity contribution in [3.8, 4) is 0 Å². The van der Waals surface area contributed by atoms with E-state index in [0.29, 0.717) is 0 Å². The van der Waals surface area contributed by atoms with Gasteiger partial charge in [0.05, 0.1) is 12.4 Å². The lowest BCUT2D eigenvalue weighted by Crippen LogP contribution is -2.29. The Morgan fingerprint density at radius 2 is 1.92 bits per heavy atom. The van der Waals surface area contributed by atoms with Crippen molar-refractivity contribution >= 4 is 17.7 Å². The zero-order chi connectivity index (χ0) is 18.2. The minimum absolute atomic E-state index is 0.0837. The number of aromatic nitrogens is 2. The number of thioether (sulfide) groups is 1. The van der Waals surface area contributed by atoms with Crippen molar-refractivity contribution in [1.29, 1.82) is 0 Å².